The van der Waals surface area contributed by atoms with E-state index in [0.29, 0.717) is 31.2 Å². The predicted octanol–water partition coefficient (Wildman–Crippen LogP) is 4.26. The standard InChI is InChI=1S/C19H24F3NO2/c1-2-25-17(24)18-8-4-6-15(10-18)12-23(13-18)11-14-5-3-7-16(9-14)19(20,21)22/h3,5,7,9,15H,2,4,6,8,10-13H2,1H3. The van der Waals surface area contributed by atoms with Crippen LogP contribution in [0.25, 0.3) is 0 Å². The van der Waals surface area contributed by atoms with Crippen molar-refractivity contribution in [3.8, 4) is 0 Å². The topological polar surface area (TPSA) is 29.5 Å². The van der Waals surface area contributed by atoms with Crippen molar-refractivity contribution in [1.82, 2.24) is 4.90 Å². The normalized spacial score (nSPS) is 27.1. The lowest BCUT2D eigenvalue weighted by molar-refractivity contribution is -0.164. The van der Waals surface area contributed by atoms with Crippen LogP contribution in [-0.4, -0.2) is 30.6 Å². The summed E-state index contributed by atoms with van der Waals surface area (Å²) in [6.45, 7) is 3.99. The first-order valence-electron chi connectivity index (χ1n) is 8.88. The van der Waals surface area contributed by atoms with Crippen molar-refractivity contribution in [2.75, 3.05) is 19.7 Å². The number of esters is 1. The summed E-state index contributed by atoms with van der Waals surface area (Å²) in [7, 11) is 0. The molecule has 1 aromatic rings. The second-order valence-electron chi connectivity index (χ2n) is 7.33. The van der Waals surface area contributed by atoms with Gasteiger partial charge >= 0.3 is 12.1 Å². The molecule has 0 amide bonds. The molecular weight excluding hydrogens is 331 g/mol. The summed E-state index contributed by atoms with van der Waals surface area (Å²) in [6.07, 6.45) is -0.603. The maximum Gasteiger partial charge on any atom is 0.416 e. The first kappa shape index (κ1) is 18.2. The second-order valence-corrected chi connectivity index (χ2v) is 7.33. The molecule has 2 aliphatic rings. The first-order valence-corrected chi connectivity index (χ1v) is 8.88. The molecule has 138 valence electrons. The summed E-state index contributed by atoms with van der Waals surface area (Å²) in [6, 6.07) is 5.47. The van der Waals surface area contributed by atoms with Gasteiger partial charge in [0.2, 0.25) is 0 Å². The molecule has 1 aliphatic carbocycles. The van der Waals surface area contributed by atoms with Crippen LogP contribution in [0.3, 0.4) is 0 Å². The van der Waals surface area contributed by atoms with E-state index >= 15 is 0 Å². The Bertz CT molecular complexity index is 631. The molecule has 2 atom stereocenters. The smallest absolute Gasteiger partial charge is 0.416 e. The highest BCUT2D eigenvalue weighted by molar-refractivity contribution is 5.77. The number of ether oxygens (including phenoxy) is 1. The lowest BCUT2D eigenvalue weighted by atomic mass is 9.66. The number of fused-ring (bicyclic) bond motifs is 2. The minimum Gasteiger partial charge on any atom is -0.466 e. The number of piperidine rings is 1. The van der Waals surface area contributed by atoms with Gasteiger partial charge in [0.05, 0.1) is 17.6 Å². The van der Waals surface area contributed by atoms with E-state index in [0.717, 1.165) is 38.3 Å². The first-order chi connectivity index (χ1) is 11.8. The van der Waals surface area contributed by atoms with Gasteiger partial charge in [-0.2, -0.15) is 13.2 Å². The molecule has 0 aromatic heterocycles. The molecule has 2 bridgehead atoms. The van der Waals surface area contributed by atoms with E-state index in [9.17, 15) is 18.0 Å². The average molecular weight is 355 g/mol. The quantitative estimate of drug-likeness (QED) is 0.756. The monoisotopic (exact) mass is 355 g/mol. The average Bonchev–Trinajstić information content (AvgIpc) is 2.54. The van der Waals surface area contributed by atoms with Gasteiger partial charge in [0.25, 0.3) is 0 Å². The van der Waals surface area contributed by atoms with E-state index in [4.69, 9.17) is 4.74 Å². The summed E-state index contributed by atoms with van der Waals surface area (Å²) in [5, 5.41) is 0. The molecule has 1 aromatic carbocycles. The molecule has 3 nitrogen and oxygen atoms in total. The molecule has 2 unspecified atom stereocenters. The lowest BCUT2D eigenvalue weighted by Crippen LogP contribution is -2.53. The number of benzene rings is 1. The molecular formula is C19H24F3NO2. The maximum atomic E-state index is 12.9. The Labute approximate surface area is 146 Å². The minimum atomic E-state index is -4.33. The number of nitrogens with zero attached hydrogens (tertiary/aromatic N) is 1. The van der Waals surface area contributed by atoms with Crippen LogP contribution >= 0.6 is 0 Å². The zero-order valence-corrected chi connectivity index (χ0v) is 14.4. The van der Waals surface area contributed by atoms with Gasteiger partial charge in [-0.3, -0.25) is 9.69 Å². The molecule has 1 heterocycles. The third-order valence-electron chi connectivity index (χ3n) is 5.36. The van der Waals surface area contributed by atoms with E-state index in [2.05, 4.69) is 4.90 Å². The van der Waals surface area contributed by atoms with Crippen molar-refractivity contribution in [1.29, 1.82) is 0 Å². The fourth-order valence-electron chi connectivity index (χ4n) is 4.40. The number of rotatable bonds is 4. The number of alkyl halides is 3. The Kier molecular flexibility index (Phi) is 5.09. The van der Waals surface area contributed by atoms with Crippen LogP contribution in [-0.2, 0) is 22.3 Å². The second kappa shape index (κ2) is 6.98. The van der Waals surface area contributed by atoms with E-state index < -0.39 is 17.2 Å². The van der Waals surface area contributed by atoms with Crippen LogP contribution in [0.2, 0.25) is 0 Å². The molecule has 6 heteroatoms. The molecule has 3 rings (SSSR count). The van der Waals surface area contributed by atoms with Gasteiger partial charge < -0.3 is 4.74 Å². The zero-order chi connectivity index (χ0) is 18.1. The number of halogens is 3. The molecule has 1 saturated heterocycles. The Morgan fingerprint density at radius 2 is 2.20 bits per heavy atom. The molecule has 0 spiro atoms. The van der Waals surface area contributed by atoms with Crippen molar-refractivity contribution in [2.24, 2.45) is 11.3 Å². The highest BCUT2D eigenvalue weighted by atomic mass is 19.4. The van der Waals surface area contributed by atoms with Crippen LogP contribution in [0.1, 0.15) is 43.7 Å². The Morgan fingerprint density at radius 3 is 2.92 bits per heavy atom. The molecule has 25 heavy (non-hydrogen) atoms. The van der Waals surface area contributed by atoms with Crippen molar-refractivity contribution >= 4 is 5.97 Å². The summed E-state index contributed by atoms with van der Waals surface area (Å²) < 4.78 is 44.0. The van der Waals surface area contributed by atoms with Gasteiger partial charge in [-0.1, -0.05) is 24.6 Å². The highest BCUT2D eigenvalue weighted by Gasteiger charge is 2.48. The van der Waals surface area contributed by atoms with Crippen molar-refractivity contribution in [3.05, 3.63) is 35.4 Å². The summed E-state index contributed by atoms with van der Waals surface area (Å²) in [4.78, 5) is 14.6. The molecule has 0 N–H and O–H groups in total. The van der Waals surface area contributed by atoms with Gasteiger partial charge in [-0.15, -0.1) is 0 Å². The summed E-state index contributed by atoms with van der Waals surface area (Å²) >= 11 is 0. The number of hydrogen-bond acceptors (Lipinski definition) is 3. The number of carbonyl (C=O) groups excluding carboxylic acids is 1. The molecule has 2 fully saturated rings. The van der Waals surface area contributed by atoms with Crippen molar-refractivity contribution in [2.45, 2.75) is 45.3 Å². The fraction of sp³-hybridized carbons (Fsp3) is 0.632. The van der Waals surface area contributed by atoms with Gasteiger partial charge in [0.15, 0.2) is 0 Å². The lowest BCUT2D eigenvalue weighted by Gasteiger charge is -2.48. The largest absolute Gasteiger partial charge is 0.466 e. The molecule has 0 radical (unpaired) electrons. The zero-order valence-electron chi connectivity index (χ0n) is 14.4. The predicted molar refractivity (Wildman–Crippen MR) is 87.7 cm³/mol. The van der Waals surface area contributed by atoms with Gasteiger partial charge in [0.1, 0.15) is 0 Å². The molecule has 1 aliphatic heterocycles. The Morgan fingerprint density at radius 1 is 1.40 bits per heavy atom. The van der Waals surface area contributed by atoms with Gasteiger partial charge in [-0.05, 0) is 43.7 Å². The SMILES string of the molecule is CCOC(=O)C12CCCC(CN(Cc3cccc(C(F)(F)F)c3)C1)C2. The van der Waals surface area contributed by atoms with Crippen LogP contribution in [0.4, 0.5) is 13.2 Å². The van der Waals surface area contributed by atoms with Crippen LogP contribution in [0.15, 0.2) is 24.3 Å². The molecule has 1 saturated carbocycles. The van der Waals surface area contributed by atoms with Crippen LogP contribution in [0, 0.1) is 11.3 Å². The van der Waals surface area contributed by atoms with E-state index in [1.54, 1.807) is 13.0 Å². The summed E-state index contributed by atoms with van der Waals surface area (Å²) in [5.74, 6) is 0.270. The van der Waals surface area contributed by atoms with Crippen molar-refractivity contribution in [3.63, 3.8) is 0 Å². The Hall–Kier alpha value is -1.56. The minimum absolute atomic E-state index is 0.145. The van der Waals surface area contributed by atoms with Crippen molar-refractivity contribution < 1.29 is 22.7 Å². The number of carbonyl (C=O) groups is 1. The van der Waals surface area contributed by atoms with Crippen LogP contribution < -0.4 is 0 Å². The Balaban J connectivity index is 1.76. The number of likely N-dealkylation sites (tertiary alicyclic amines) is 1. The van der Waals surface area contributed by atoms with Gasteiger partial charge in [-0.25, -0.2) is 0 Å². The maximum absolute atomic E-state index is 12.9. The summed E-state index contributed by atoms with van der Waals surface area (Å²) in [5.41, 5.74) is -0.477. The van der Waals surface area contributed by atoms with Gasteiger partial charge in [0, 0.05) is 19.6 Å². The van der Waals surface area contributed by atoms with Crippen LogP contribution in [0.5, 0.6) is 0 Å². The van der Waals surface area contributed by atoms with E-state index in [1.165, 1.54) is 12.1 Å². The number of hydrogen-bond donors (Lipinski definition) is 0. The van der Waals surface area contributed by atoms with E-state index in [-0.39, 0.29) is 5.97 Å². The fourth-order valence-corrected chi connectivity index (χ4v) is 4.40. The third-order valence-corrected chi connectivity index (χ3v) is 5.36. The highest BCUT2D eigenvalue weighted by Crippen LogP contribution is 2.45. The third kappa shape index (κ3) is 4.00. The van der Waals surface area contributed by atoms with E-state index in [1.807, 2.05) is 0 Å².